The smallest absolute Gasteiger partial charge is 0.262 e. The number of hydrogen-bond acceptors (Lipinski definition) is 7. The normalized spacial score (nSPS) is 13.0. The van der Waals surface area contributed by atoms with Gasteiger partial charge in [-0.15, -0.1) is 0 Å². The molecule has 0 fully saturated rings. The average Bonchev–Trinajstić information content (AvgIpc) is 3.23. The van der Waals surface area contributed by atoms with Gasteiger partial charge in [0.15, 0.2) is 0 Å². The van der Waals surface area contributed by atoms with Crippen molar-refractivity contribution in [3.05, 3.63) is 70.1 Å². The van der Waals surface area contributed by atoms with Gasteiger partial charge < -0.3 is 5.73 Å². The number of nitrogens with zero attached hydrogens (tertiary/aromatic N) is 3. The van der Waals surface area contributed by atoms with Gasteiger partial charge in [0.25, 0.3) is 17.4 Å². The largest absolute Gasteiger partial charge is 0.384 e. The molecule has 0 atom stereocenters. The van der Waals surface area contributed by atoms with Crippen molar-refractivity contribution in [3.63, 3.8) is 0 Å². The van der Waals surface area contributed by atoms with E-state index >= 15 is 0 Å². The van der Waals surface area contributed by atoms with Gasteiger partial charge in [-0.25, -0.2) is 9.97 Å². The molecule has 1 aliphatic rings. The van der Waals surface area contributed by atoms with Gasteiger partial charge in [-0.3, -0.25) is 24.3 Å². The molecule has 3 N–H and O–H groups in total. The van der Waals surface area contributed by atoms with Gasteiger partial charge in [-0.05, 0) is 36.4 Å². The maximum absolute atomic E-state index is 12.5. The van der Waals surface area contributed by atoms with Crippen LogP contribution < -0.4 is 16.6 Å². The first-order valence-electron chi connectivity index (χ1n) is 8.26. The Bertz CT molecular complexity index is 1320. The summed E-state index contributed by atoms with van der Waals surface area (Å²) in [6, 6.07) is 11.9. The van der Waals surface area contributed by atoms with Crippen LogP contribution in [0.25, 0.3) is 26.6 Å². The summed E-state index contributed by atoms with van der Waals surface area (Å²) in [5.41, 5.74) is 7.76. The van der Waals surface area contributed by atoms with Gasteiger partial charge in [0.1, 0.15) is 21.2 Å². The van der Waals surface area contributed by atoms with Crippen LogP contribution in [0.4, 0.5) is 5.82 Å². The fourth-order valence-corrected chi connectivity index (χ4v) is 4.10. The molecule has 0 spiro atoms. The Kier molecular flexibility index (Phi) is 3.40. The number of thiazole rings is 1. The fraction of sp³-hybridized carbons (Fsp3) is 0. The van der Waals surface area contributed by atoms with Crippen molar-refractivity contribution < 1.29 is 9.59 Å². The quantitative estimate of drug-likeness (QED) is 0.506. The summed E-state index contributed by atoms with van der Waals surface area (Å²) in [6.07, 6.45) is 1.72. The summed E-state index contributed by atoms with van der Waals surface area (Å²) < 4.78 is 1.21. The number of pyridine rings is 2. The van der Waals surface area contributed by atoms with Gasteiger partial charge in [-0.1, -0.05) is 11.3 Å². The number of rotatable bonds is 2. The number of anilines is 1. The minimum atomic E-state index is -0.615. The van der Waals surface area contributed by atoms with Crippen molar-refractivity contribution in [1.29, 1.82) is 0 Å². The van der Waals surface area contributed by atoms with E-state index in [4.69, 9.17) is 5.73 Å². The van der Waals surface area contributed by atoms with E-state index in [2.05, 4.69) is 15.3 Å². The van der Waals surface area contributed by atoms with Crippen molar-refractivity contribution >= 4 is 39.3 Å². The zero-order chi connectivity index (χ0) is 19.4. The van der Waals surface area contributed by atoms with E-state index in [-0.39, 0.29) is 16.9 Å². The molecule has 4 aromatic rings. The molecule has 0 aliphatic carbocycles. The molecule has 0 radical (unpaired) electrons. The molecule has 8 nitrogen and oxygen atoms in total. The number of nitrogens with two attached hydrogens (primary N) is 1. The highest BCUT2D eigenvalue weighted by Crippen LogP contribution is 2.30. The molecule has 0 bridgehead atoms. The molecule has 136 valence electrons. The van der Waals surface area contributed by atoms with Gasteiger partial charge in [0, 0.05) is 17.8 Å². The Morgan fingerprint density at radius 1 is 1.04 bits per heavy atom. The lowest BCUT2D eigenvalue weighted by Gasteiger charge is -2.12. The Balaban J connectivity index is 1.60. The van der Waals surface area contributed by atoms with Crippen molar-refractivity contribution in [2.45, 2.75) is 0 Å². The van der Waals surface area contributed by atoms with E-state index < -0.39 is 17.4 Å². The lowest BCUT2D eigenvalue weighted by Crippen LogP contribution is -2.24. The maximum Gasteiger partial charge on any atom is 0.262 e. The molecule has 0 unspecified atom stereocenters. The fourth-order valence-electron chi connectivity index (χ4n) is 3.19. The van der Waals surface area contributed by atoms with E-state index in [0.29, 0.717) is 5.69 Å². The highest BCUT2D eigenvalue weighted by Gasteiger charge is 2.31. The van der Waals surface area contributed by atoms with E-state index in [1.54, 1.807) is 18.3 Å². The summed E-state index contributed by atoms with van der Waals surface area (Å²) in [7, 11) is 0. The number of nitrogen functional groups attached to an aromatic ring is 1. The van der Waals surface area contributed by atoms with Gasteiger partial charge in [-0.2, -0.15) is 0 Å². The van der Waals surface area contributed by atoms with E-state index in [1.165, 1.54) is 15.9 Å². The lowest BCUT2D eigenvalue weighted by molar-refractivity contribution is 0.0880. The molecular formula is C19H11N5O3S. The molecule has 9 heteroatoms. The standard InChI is InChI=1S/C19H11N5O3S/c20-15-14-11(16(26)23-17(14)27)8-13(25)24(15)10-5-3-9(4-6-10)18-22-12-2-1-7-21-19(12)28-18/h1-8H,20H2,(H,23,26,27). The molecule has 4 heterocycles. The van der Waals surface area contributed by atoms with Crippen LogP contribution in [0.5, 0.6) is 0 Å². The number of benzene rings is 1. The lowest BCUT2D eigenvalue weighted by atomic mass is 10.1. The molecule has 28 heavy (non-hydrogen) atoms. The number of carbonyl (C=O) groups excluding carboxylic acids is 2. The summed E-state index contributed by atoms with van der Waals surface area (Å²) in [4.78, 5) is 45.9. The molecular weight excluding hydrogens is 378 g/mol. The van der Waals surface area contributed by atoms with Crippen molar-refractivity contribution in [2.75, 3.05) is 5.73 Å². The van der Waals surface area contributed by atoms with E-state index in [9.17, 15) is 14.4 Å². The Morgan fingerprint density at radius 2 is 1.82 bits per heavy atom. The first-order valence-corrected chi connectivity index (χ1v) is 9.08. The van der Waals surface area contributed by atoms with Crippen LogP contribution in [0.3, 0.4) is 0 Å². The second kappa shape index (κ2) is 5.83. The predicted octanol–water partition coefficient (Wildman–Crippen LogP) is 1.97. The second-order valence-corrected chi connectivity index (χ2v) is 7.15. The van der Waals surface area contributed by atoms with Crippen LogP contribution >= 0.6 is 11.3 Å². The van der Waals surface area contributed by atoms with Crippen LogP contribution in [0, 0.1) is 0 Å². The second-order valence-electron chi connectivity index (χ2n) is 6.17. The molecule has 1 aliphatic heterocycles. The third kappa shape index (κ3) is 2.33. The van der Waals surface area contributed by atoms with Crippen molar-refractivity contribution in [1.82, 2.24) is 19.9 Å². The third-order valence-electron chi connectivity index (χ3n) is 4.49. The summed E-state index contributed by atoms with van der Waals surface area (Å²) in [5, 5.41) is 2.95. The number of carbonyl (C=O) groups is 2. The molecule has 5 rings (SSSR count). The zero-order valence-electron chi connectivity index (χ0n) is 14.2. The first kappa shape index (κ1) is 16.3. The van der Waals surface area contributed by atoms with Gasteiger partial charge in [0.2, 0.25) is 0 Å². The molecule has 0 saturated heterocycles. The van der Waals surface area contributed by atoms with E-state index in [0.717, 1.165) is 27.0 Å². The molecule has 3 aromatic heterocycles. The average molecular weight is 389 g/mol. The van der Waals surface area contributed by atoms with Crippen LogP contribution in [0.2, 0.25) is 0 Å². The number of aromatic nitrogens is 3. The number of fused-ring (bicyclic) bond motifs is 2. The van der Waals surface area contributed by atoms with E-state index in [1.807, 2.05) is 24.3 Å². The van der Waals surface area contributed by atoms with Crippen LogP contribution in [-0.2, 0) is 0 Å². The molecule has 2 amide bonds. The number of amides is 2. The topological polar surface area (TPSA) is 120 Å². The first-order chi connectivity index (χ1) is 13.5. The molecule has 0 saturated carbocycles. The van der Waals surface area contributed by atoms with Crippen LogP contribution in [-0.4, -0.2) is 26.3 Å². The van der Waals surface area contributed by atoms with Gasteiger partial charge in [0.05, 0.1) is 16.8 Å². The SMILES string of the molecule is Nc1c2c(cc(=O)n1-c1ccc(-c3nc4cccnc4s3)cc1)C(=O)NC2=O. The number of nitrogens with one attached hydrogen (secondary N) is 1. The Morgan fingerprint density at radius 3 is 2.57 bits per heavy atom. The Hall–Kier alpha value is -3.85. The van der Waals surface area contributed by atoms with Crippen LogP contribution in [0.1, 0.15) is 20.7 Å². The molecule has 1 aromatic carbocycles. The maximum atomic E-state index is 12.5. The Labute approximate surface area is 161 Å². The summed E-state index contributed by atoms with van der Waals surface area (Å²) in [5.74, 6) is -1.29. The van der Waals surface area contributed by atoms with Gasteiger partial charge >= 0.3 is 0 Å². The minimum absolute atomic E-state index is 0.00217. The summed E-state index contributed by atoms with van der Waals surface area (Å²) >= 11 is 1.47. The predicted molar refractivity (Wildman–Crippen MR) is 105 cm³/mol. The highest BCUT2D eigenvalue weighted by molar-refractivity contribution is 7.21. The van der Waals surface area contributed by atoms with Crippen LogP contribution in [0.15, 0.2) is 53.5 Å². The number of hydrogen-bond donors (Lipinski definition) is 2. The summed E-state index contributed by atoms with van der Waals surface area (Å²) in [6.45, 7) is 0. The van der Waals surface area contributed by atoms with Crippen molar-refractivity contribution in [3.8, 4) is 16.3 Å². The number of imide groups is 1. The highest BCUT2D eigenvalue weighted by atomic mass is 32.1. The van der Waals surface area contributed by atoms with Crippen molar-refractivity contribution in [2.24, 2.45) is 0 Å². The monoisotopic (exact) mass is 389 g/mol. The minimum Gasteiger partial charge on any atom is -0.384 e. The zero-order valence-corrected chi connectivity index (χ0v) is 15.0. The third-order valence-corrected chi connectivity index (χ3v) is 5.52.